The molecule has 0 heterocycles. The van der Waals surface area contributed by atoms with Crippen LogP contribution in [0, 0.1) is 0 Å². The van der Waals surface area contributed by atoms with Gasteiger partial charge in [0.15, 0.2) is 12.4 Å². The first-order valence-corrected chi connectivity index (χ1v) is 9.36. The van der Waals surface area contributed by atoms with Crippen LogP contribution >= 0.6 is 0 Å². The average Bonchev–Trinajstić information content (AvgIpc) is 2.75. The minimum Gasteiger partial charge on any atom is -0.452 e. The van der Waals surface area contributed by atoms with Gasteiger partial charge in [-0.2, -0.15) is 0 Å². The number of ketones is 1. The van der Waals surface area contributed by atoms with Gasteiger partial charge in [-0.15, -0.1) is 0 Å². The number of benzene rings is 2. The van der Waals surface area contributed by atoms with Crippen molar-refractivity contribution >= 4 is 23.6 Å². The Balaban J connectivity index is 1.85. The van der Waals surface area contributed by atoms with Gasteiger partial charge in [0, 0.05) is 17.7 Å². The molecule has 0 aliphatic heterocycles. The maximum atomic E-state index is 12.4. The van der Waals surface area contributed by atoms with Gasteiger partial charge in [0.2, 0.25) is 5.91 Å². The van der Waals surface area contributed by atoms with E-state index >= 15 is 0 Å². The van der Waals surface area contributed by atoms with Crippen LogP contribution in [0.3, 0.4) is 0 Å². The number of amides is 2. The van der Waals surface area contributed by atoms with Crippen molar-refractivity contribution in [3.63, 3.8) is 0 Å². The maximum absolute atomic E-state index is 12.4. The third-order valence-electron chi connectivity index (χ3n) is 4.07. The molecule has 0 bridgehead atoms. The molecule has 0 saturated carbocycles. The fourth-order valence-electron chi connectivity index (χ4n) is 2.48. The summed E-state index contributed by atoms with van der Waals surface area (Å²) in [5.74, 6) is -1.72. The molecular weight excluding hydrogens is 372 g/mol. The summed E-state index contributed by atoms with van der Waals surface area (Å²) in [7, 11) is 0. The van der Waals surface area contributed by atoms with Crippen molar-refractivity contribution in [3.8, 4) is 0 Å². The van der Waals surface area contributed by atoms with Crippen LogP contribution < -0.4 is 10.6 Å². The van der Waals surface area contributed by atoms with E-state index in [4.69, 9.17) is 4.74 Å². The first kappa shape index (κ1) is 21.8. The summed E-state index contributed by atoms with van der Waals surface area (Å²) in [5, 5.41) is 5.13. The number of nitrogens with one attached hydrogen (secondary N) is 2. The van der Waals surface area contributed by atoms with Crippen molar-refractivity contribution in [2.75, 3.05) is 13.2 Å². The largest absolute Gasteiger partial charge is 0.452 e. The lowest BCUT2D eigenvalue weighted by Crippen LogP contribution is -2.46. The van der Waals surface area contributed by atoms with Crippen LogP contribution in [0.4, 0.5) is 0 Å². The van der Waals surface area contributed by atoms with Crippen LogP contribution in [0.15, 0.2) is 54.6 Å². The minimum absolute atomic E-state index is 0.153. The monoisotopic (exact) mass is 396 g/mol. The molecule has 0 saturated heterocycles. The Morgan fingerprint density at radius 2 is 1.48 bits per heavy atom. The van der Waals surface area contributed by atoms with Gasteiger partial charge in [-0.1, -0.05) is 49.4 Å². The molecule has 0 fully saturated rings. The van der Waals surface area contributed by atoms with Gasteiger partial charge in [0.05, 0.1) is 5.56 Å². The normalized spacial score (nSPS) is 11.2. The van der Waals surface area contributed by atoms with E-state index in [1.807, 2.05) is 13.0 Å². The predicted octanol–water partition coefficient (Wildman–Crippen LogP) is 2.11. The van der Waals surface area contributed by atoms with Crippen LogP contribution in [-0.2, 0) is 14.3 Å². The van der Waals surface area contributed by atoms with E-state index in [9.17, 15) is 19.2 Å². The second-order valence-corrected chi connectivity index (χ2v) is 6.43. The van der Waals surface area contributed by atoms with Gasteiger partial charge in [-0.05, 0) is 25.5 Å². The van der Waals surface area contributed by atoms with E-state index < -0.39 is 24.5 Å². The molecule has 29 heavy (non-hydrogen) atoms. The Labute approximate surface area is 169 Å². The molecule has 0 spiro atoms. The molecule has 2 rings (SSSR count). The average molecular weight is 396 g/mol. The zero-order valence-electron chi connectivity index (χ0n) is 16.4. The third kappa shape index (κ3) is 6.57. The lowest BCUT2D eigenvalue weighted by atomic mass is 10.0. The lowest BCUT2D eigenvalue weighted by molar-refractivity contribution is -0.130. The van der Waals surface area contributed by atoms with E-state index in [1.165, 1.54) is 24.3 Å². The maximum Gasteiger partial charge on any atom is 0.338 e. The number of carbonyl (C=O) groups is 4. The Morgan fingerprint density at radius 1 is 0.897 bits per heavy atom. The highest BCUT2D eigenvalue weighted by molar-refractivity contribution is 6.09. The first-order chi connectivity index (χ1) is 13.9. The SMILES string of the molecule is CCCNC(=O)[C@H](C)NC(=O)COC(=O)c1ccc(C(=O)c2ccccc2)cc1. The predicted molar refractivity (Wildman–Crippen MR) is 108 cm³/mol. The fraction of sp³-hybridized carbons (Fsp3) is 0.273. The molecule has 2 aromatic rings. The van der Waals surface area contributed by atoms with Gasteiger partial charge in [0.25, 0.3) is 5.91 Å². The Morgan fingerprint density at radius 3 is 2.10 bits per heavy atom. The number of hydrogen-bond donors (Lipinski definition) is 2. The number of esters is 1. The standard InChI is InChI=1S/C22H24N2O5/c1-3-13-23-21(27)15(2)24-19(25)14-29-22(28)18-11-9-17(10-12-18)20(26)16-7-5-4-6-8-16/h4-12,15H,3,13-14H2,1-2H3,(H,23,27)(H,24,25)/t15-/m0/s1. The molecule has 2 N–H and O–H groups in total. The molecule has 2 amide bonds. The van der Waals surface area contributed by atoms with Crippen molar-refractivity contribution in [1.82, 2.24) is 10.6 Å². The highest BCUT2D eigenvalue weighted by atomic mass is 16.5. The molecular formula is C22H24N2O5. The zero-order chi connectivity index (χ0) is 21.2. The summed E-state index contributed by atoms with van der Waals surface area (Å²) in [6.07, 6.45) is 0.791. The first-order valence-electron chi connectivity index (χ1n) is 9.36. The van der Waals surface area contributed by atoms with Crippen LogP contribution in [0.5, 0.6) is 0 Å². The molecule has 2 aromatic carbocycles. The zero-order valence-corrected chi connectivity index (χ0v) is 16.4. The van der Waals surface area contributed by atoms with Crippen LogP contribution in [0.1, 0.15) is 46.5 Å². The second-order valence-electron chi connectivity index (χ2n) is 6.43. The van der Waals surface area contributed by atoms with Crippen LogP contribution in [0.2, 0.25) is 0 Å². The lowest BCUT2D eigenvalue weighted by Gasteiger charge is -2.13. The molecule has 7 nitrogen and oxygen atoms in total. The summed E-state index contributed by atoms with van der Waals surface area (Å²) >= 11 is 0. The Bertz CT molecular complexity index is 863. The summed E-state index contributed by atoms with van der Waals surface area (Å²) in [6, 6.07) is 14.1. The van der Waals surface area contributed by atoms with Gasteiger partial charge in [-0.25, -0.2) is 4.79 Å². The molecule has 0 radical (unpaired) electrons. The summed E-state index contributed by atoms with van der Waals surface area (Å²) in [4.78, 5) is 48.0. The fourth-order valence-corrected chi connectivity index (χ4v) is 2.48. The number of carbonyl (C=O) groups excluding carboxylic acids is 4. The van der Waals surface area contributed by atoms with Crippen LogP contribution in [0.25, 0.3) is 0 Å². The molecule has 1 atom stereocenters. The summed E-state index contributed by atoms with van der Waals surface area (Å²) < 4.78 is 4.97. The van der Waals surface area contributed by atoms with Gasteiger partial charge < -0.3 is 15.4 Å². The van der Waals surface area contributed by atoms with Crippen LogP contribution in [-0.4, -0.2) is 42.8 Å². The van der Waals surface area contributed by atoms with Crippen molar-refractivity contribution in [2.45, 2.75) is 26.3 Å². The molecule has 0 aliphatic rings. The van der Waals surface area contributed by atoms with Crippen molar-refractivity contribution in [2.24, 2.45) is 0 Å². The molecule has 0 unspecified atom stereocenters. The quantitative estimate of drug-likeness (QED) is 0.499. The topological polar surface area (TPSA) is 102 Å². The van der Waals surface area contributed by atoms with Crippen molar-refractivity contribution < 1.29 is 23.9 Å². The Kier molecular flexibility index (Phi) is 8.09. The van der Waals surface area contributed by atoms with Gasteiger partial charge in [-0.3, -0.25) is 14.4 Å². The van der Waals surface area contributed by atoms with E-state index in [0.717, 1.165) is 6.42 Å². The number of ether oxygens (including phenoxy) is 1. The van der Waals surface area contributed by atoms with E-state index in [1.54, 1.807) is 31.2 Å². The number of rotatable bonds is 9. The summed E-state index contributed by atoms with van der Waals surface area (Å²) in [5.41, 5.74) is 1.21. The summed E-state index contributed by atoms with van der Waals surface area (Å²) in [6.45, 7) is 3.49. The molecule has 0 aliphatic carbocycles. The molecule has 7 heteroatoms. The highest BCUT2D eigenvalue weighted by Crippen LogP contribution is 2.11. The Hall–Kier alpha value is -3.48. The van der Waals surface area contributed by atoms with Crippen molar-refractivity contribution in [3.05, 3.63) is 71.3 Å². The number of hydrogen-bond acceptors (Lipinski definition) is 5. The van der Waals surface area contributed by atoms with E-state index in [2.05, 4.69) is 10.6 Å². The third-order valence-corrected chi connectivity index (χ3v) is 4.07. The smallest absolute Gasteiger partial charge is 0.338 e. The van der Waals surface area contributed by atoms with E-state index in [0.29, 0.717) is 17.7 Å². The highest BCUT2D eigenvalue weighted by Gasteiger charge is 2.17. The molecule has 152 valence electrons. The second kappa shape index (κ2) is 10.8. The van der Waals surface area contributed by atoms with Crippen molar-refractivity contribution in [1.29, 1.82) is 0 Å². The van der Waals surface area contributed by atoms with Gasteiger partial charge >= 0.3 is 5.97 Å². The molecule has 0 aromatic heterocycles. The van der Waals surface area contributed by atoms with Gasteiger partial charge in [0.1, 0.15) is 6.04 Å². The van der Waals surface area contributed by atoms with E-state index in [-0.39, 0.29) is 17.3 Å². The minimum atomic E-state index is -0.726.